The molecular formula is C18H15ClN6. The van der Waals surface area contributed by atoms with Crippen molar-refractivity contribution < 1.29 is 0 Å². The summed E-state index contributed by atoms with van der Waals surface area (Å²) in [6.07, 6.45) is 1.47. The van der Waals surface area contributed by atoms with Crippen LogP contribution < -0.4 is 5.73 Å². The van der Waals surface area contributed by atoms with Gasteiger partial charge in [-0.05, 0) is 37.6 Å². The number of benzene rings is 1. The number of rotatable bonds is 2. The lowest BCUT2D eigenvalue weighted by Gasteiger charge is -2.14. The summed E-state index contributed by atoms with van der Waals surface area (Å²) in [6, 6.07) is 11.5. The van der Waals surface area contributed by atoms with Crippen LogP contribution in [0, 0.1) is 13.8 Å². The van der Waals surface area contributed by atoms with Crippen molar-refractivity contribution >= 4 is 23.2 Å². The zero-order valence-electron chi connectivity index (χ0n) is 13.7. The minimum Gasteiger partial charge on any atom is -0.368 e. The normalized spacial score (nSPS) is 11.2. The molecule has 0 saturated heterocycles. The number of aryl methyl sites for hydroxylation is 2. The van der Waals surface area contributed by atoms with Crippen molar-refractivity contribution in [3.63, 3.8) is 0 Å². The molecule has 3 heterocycles. The molecule has 1 aromatic carbocycles. The first kappa shape index (κ1) is 15.5. The maximum absolute atomic E-state index is 6.42. The molecule has 0 spiro atoms. The maximum Gasteiger partial charge on any atom is 0.223 e. The highest BCUT2D eigenvalue weighted by Gasteiger charge is 2.20. The number of pyridine rings is 1. The Kier molecular flexibility index (Phi) is 3.62. The fraction of sp³-hybridized carbons (Fsp3) is 0.111. The van der Waals surface area contributed by atoms with Crippen molar-refractivity contribution in [3.8, 4) is 22.4 Å². The smallest absolute Gasteiger partial charge is 0.223 e. The molecule has 0 atom stereocenters. The van der Waals surface area contributed by atoms with Crippen molar-refractivity contribution in [2.75, 3.05) is 5.73 Å². The van der Waals surface area contributed by atoms with Gasteiger partial charge in [0.15, 0.2) is 5.65 Å². The lowest BCUT2D eigenvalue weighted by molar-refractivity contribution is 0.942. The monoisotopic (exact) mass is 350 g/mol. The third kappa shape index (κ3) is 2.60. The summed E-state index contributed by atoms with van der Waals surface area (Å²) in [6.45, 7) is 3.91. The van der Waals surface area contributed by atoms with E-state index in [1.165, 1.54) is 10.8 Å². The molecule has 0 fully saturated rings. The molecule has 0 aliphatic heterocycles. The van der Waals surface area contributed by atoms with Gasteiger partial charge in [-0.15, -0.1) is 0 Å². The predicted molar refractivity (Wildman–Crippen MR) is 98.3 cm³/mol. The summed E-state index contributed by atoms with van der Waals surface area (Å²) in [5.41, 5.74) is 11.8. The van der Waals surface area contributed by atoms with Crippen LogP contribution in [0.3, 0.4) is 0 Å². The van der Waals surface area contributed by atoms with Gasteiger partial charge in [-0.3, -0.25) is 4.98 Å². The van der Waals surface area contributed by atoms with Crippen LogP contribution in [0.25, 0.3) is 28.0 Å². The molecule has 25 heavy (non-hydrogen) atoms. The molecule has 7 heteroatoms. The van der Waals surface area contributed by atoms with E-state index in [1.54, 1.807) is 0 Å². The summed E-state index contributed by atoms with van der Waals surface area (Å²) >= 11 is 6.42. The Bertz CT molecular complexity index is 1080. The number of halogens is 1. The number of anilines is 1. The third-order valence-corrected chi connectivity index (χ3v) is 4.28. The second-order valence-electron chi connectivity index (χ2n) is 5.81. The van der Waals surface area contributed by atoms with Crippen LogP contribution in [0.1, 0.15) is 11.4 Å². The van der Waals surface area contributed by atoms with Gasteiger partial charge in [-0.1, -0.05) is 29.8 Å². The molecule has 4 aromatic rings. The average Bonchev–Trinajstić information content (AvgIpc) is 3.04. The standard InChI is InChI=1S/C18H15ClN6/c1-10-7-12(8-11(2)23-10)15-16(13-5-3-4-6-14(13)19)24-18(20)25-17(15)21-9-22-25/h3-9H,1-2H3,(H2,20,24). The van der Waals surface area contributed by atoms with Crippen LogP contribution in [0.4, 0.5) is 5.95 Å². The Labute approximate surface area is 149 Å². The van der Waals surface area contributed by atoms with Crippen molar-refractivity contribution in [2.24, 2.45) is 0 Å². The average molecular weight is 351 g/mol. The highest BCUT2D eigenvalue weighted by atomic mass is 35.5. The highest BCUT2D eigenvalue weighted by Crippen LogP contribution is 2.37. The molecule has 0 amide bonds. The first-order valence-corrected chi connectivity index (χ1v) is 8.12. The summed E-state index contributed by atoms with van der Waals surface area (Å²) in [5.74, 6) is 0.258. The first-order chi connectivity index (χ1) is 12.0. The topological polar surface area (TPSA) is 82.0 Å². The summed E-state index contributed by atoms with van der Waals surface area (Å²) in [7, 11) is 0. The minimum absolute atomic E-state index is 0.258. The maximum atomic E-state index is 6.42. The van der Waals surface area contributed by atoms with E-state index in [4.69, 9.17) is 17.3 Å². The Balaban J connectivity index is 2.14. The van der Waals surface area contributed by atoms with Gasteiger partial charge in [0.25, 0.3) is 0 Å². The summed E-state index contributed by atoms with van der Waals surface area (Å²) in [5, 5.41) is 4.78. The molecule has 0 radical (unpaired) electrons. The molecule has 3 aromatic heterocycles. The fourth-order valence-corrected chi connectivity index (χ4v) is 3.22. The Morgan fingerprint density at radius 3 is 2.48 bits per heavy atom. The molecule has 0 bridgehead atoms. The van der Waals surface area contributed by atoms with E-state index in [0.29, 0.717) is 16.4 Å². The Morgan fingerprint density at radius 2 is 1.76 bits per heavy atom. The van der Waals surface area contributed by atoms with Crippen LogP contribution in [0.5, 0.6) is 0 Å². The molecule has 0 aliphatic rings. The number of hydrogen-bond acceptors (Lipinski definition) is 5. The van der Waals surface area contributed by atoms with Crippen LogP contribution in [-0.2, 0) is 0 Å². The molecule has 2 N–H and O–H groups in total. The highest BCUT2D eigenvalue weighted by molar-refractivity contribution is 6.33. The van der Waals surface area contributed by atoms with Gasteiger partial charge in [-0.25, -0.2) is 9.97 Å². The lowest BCUT2D eigenvalue weighted by atomic mass is 9.99. The van der Waals surface area contributed by atoms with E-state index in [2.05, 4.69) is 20.1 Å². The van der Waals surface area contributed by atoms with E-state index in [9.17, 15) is 0 Å². The summed E-state index contributed by atoms with van der Waals surface area (Å²) < 4.78 is 1.53. The second-order valence-corrected chi connectivity index (χ2v) is 6.21. The van der Waals surface area contributed by atoms with E-state index in [1.807, 2.05) is 50.2 Å². The van der Waals surface area contributed by atoms with Crippen LogP contribution in [0.15, 0.2) is 42.7 Å². The molecule has 4 rings (SSSR count). The number of nitrogens with zero attached hydrogens (tertiary/aromatic N) is 5. The first-order valence-electron chi connectivity index (χ1n) is 7.74. The van der Waals surface area contributed by atoms with Crippen molar-refractivity contribution in [2.45, 2.75) is 13.8 Å². The van der Waals surface area contributed by atoms with E-state index in [-0.39, 0.29) is 5.95 Å². The molecule has 0 aliphatic carbocycles. The van der Waals surface area contributed by atoms with E-state index in [0.717, 1.165) is 28.1 Å². The third-order valence-electron chi connectivity index (χ3n) is 3.95. The van der Waals surface area contributed by atoms with E-state index >= 15 is 0 Å². The van der Waals surface area contributed by atoms with Gasteiger partial charge in [0.1, 0.15) is 6.33 Å². The molecule has 0 saturated carbocycles. The molecular weight excluding hydrogens is 336 g/mol. The Hall–Kier alpha value is -2.99. The van der Waals surface area contributed by atoms with E-state index < -0.39 is 0 Å². The number of nitrogens with two attached hydrogens (primary N) is 1. The molecule has 124 valence electrons. The number of nitrogen functional groups attached to an aromatic ring is 1. The van der Waals surface area contributed by atoms with Gasteiger partial charge in [0.2, 0.25) is 5.95 Å². The van der Waals surface area contributed by atoms with Gasteiger partial charge in [-0.2, -0.15) is 9.61 Å². The summed E-state index contributed by atoms with van der Waals surface area (Å²) in [4.78, 5) is 13.4. The van der Waals surface area contributed by atoms with Crippen molar-refractivity contribution in [1.82, 2.24) is 24.6 Å². The van der Waals surface area contributed by atoms with Crippen LogP contribution in [-0.4, -0.2) is 24.6 Å². The van der Waals surface area contributed by atoms with Gasteiger partial charge in [0.05, 0.1) is 11.3 Å². The zero-order valence-corrected chi connectivity index (χ0v) is 14.5. The van der Waals surface area contributed by atoms with Crippen LogP contribution in [0.2, 0.25) is 5.02 Å². The van der Waals surface area contributed by atoms with Gasteiger partial charge in [0, 0.05) is 22.0 Å². The number of hydrogen-bond donors (Lipinski definition) is 1. The number of fused-ring (bicyclic) bond motifs is 1. The largest absolute Gasteiger partial charge is 0.368 e. The number of aromatic nitrogens is 5. The van der Waals surface area contributed by atoms with Crippen LogP contribution >= 0.6 is 11.6 Å². The SMILES string of the molecule is Cc1cc(-c2c(-c3ccccc3Cl)nc(N)n3ncnc23)cc(C)n1. The molecule has 6 nitrogen and oxygen atoms in total. The van der Waals surface area contributed by atoms with Gasteiger partial charge < -0.3 is 5.73 Å². The zero-order chi connectivity index (χ0) is 17.6. The van der Waals surface area contributed by atoms with Crippen molar-refractivity contribution in [3.05, 3.63) is 59.1 Å². The minimum atomic E-state index is 0.258. The van der Waals surface area contributed by atoms with Crippen molar-refractivity contribution in [1.29, 1.82) is 0 Å². The predicted octanol–water partition coefficient (Wildman–Crippen LogP) is 3.71. The lowest BCUT2D eigenvalue weighted by Crippen LogP contribution is -2.06. The fourth-order valence-electron chi connectivity index (χ4n) is 3.00. The second kappa shape index (κ2) is 5.82. The molecule has 0 unspecified atom stereocenters. The Morgan fingerprint density at radius 1 is 1.04 bits per heavy atom. The quantitative estimate of drug-likeness (QED) is 0.596. The van der Waals surface area contributed by atoms with Gasteiger partial charge >= 0.3 is 0 Å².